The minimum atomic E-state index is -0.0346. The summed E-state index contributed by atoms with van der Waals surface area (Å²) in [6, 6.07) is 13.7. The van der Waals surface area contributed by atoms with Crippen molar-refractivity contribution in [1.29, 1.82) is 0 Å². The summed E-state index contributed by atoms with van der Waals surface area (Å²) in [5, 5.41) is 11.9. The lowest BCUT2D eigenvalue weighted by Gasteiger charge is -2.05. The summed E-state index contributed by atoms with van der Waals surface area (Å²) < 4.78 is 0. The number of fused-ring (bicyclic) bond motifs is 2. The van der Waals surface area contributed by atoms with Crippen molar-refractivity contribution in [3.05, 3.63) is 60.4 Å². The number of hydrogen-bond donors (Lipinski definition) is 3. The highest BCUT2D eigenvalue weighted by Gasteiger charge is 2.09. The first kappa shape index (κ1) is 12.6. The van der Waals surface area contributed by atoms with Gasteiger partial charge in [0, 0.05) is 28.2 Å². The van der Waals surface area contributed by atoms with E-state index >= 15 is 0 Å². The van der Waals surface area contributed by atoms with Gasteiger partial charge in [0.25, 0.3) is 0 Å². The van der Waals surface area contributed by atoms with Crippen molar-refractivity contribution in [2.75, 3.05) is 5.32 Å². The van der Waals surface area contributed by atoms with Crippen LogP contribution in [-0.2, 0) is 11.2 Å². The van der Waals surface area contributed by atoms with E-state index in [9.17, 15) is 4.79 Å². The molecule has 0 radical (unpaired) electrons. The number of para-hydroxylation sites is 1. The number of benzene rings is 2. The van der Waals surface area contributed by atoms with Gasteiger partial charge in [0.15, 0.2) is 0 Å². The number of nitrogens with zero attached hydrogens (tertiary/aromatic N) is 1. The maximum Gasteiger partial charge on any atom is 0.228 e. The molecule has 0 saturated carbocycles. The summed E-state index contributed by atoms with van der Waals surface area (Å²) in [6.45, 7) is 0. The molecule has 0 aliphatic rings. The van der Waals surface area contributed by atoms with E-state index in [4.69, 9.17) is 0 Å². The predicted octanol–water partition coefficient (Wildman–Crippen LogP) is 3.23. The standard InChI is InChI=1S/C17H14N4O/c22-17(8-11-9-18-16-4-2-1-3-14(11)16)20-13-5-6-15-12(7-13)10-19-21-15/h1-7,9-10,18H,8H2,(H,19,21)(H,20,22). The molecule has 0 spiro atoms. The molecule has 108 valence electrons. The van der Waals surface area contributed by atoms with Crippen LogP contribution >= 0.6 is 0 Å². The van der Waals surface area contributed by atoms with Crippen LogP contribution in [0.1, 0.15) is 5.56 Å². The number of anilines is 1. The van der Waals surface area contributed by atoms with Crippen LogP contribution in [0.15, 0.2) is 54.9 Å². The monoisotopic (exact) mass is 290 g/mol. The van der Waals surface area contributed by atoms with E-state index in [0.29, 0.717) is 6.42 Å². The molecule has 4 aromatic rings. The van der Waals surface area contributed by atoms with Crippen molar-refractivity contribution in [3.8, 4) is 0 Å². The van der Waals surface area contributed by atoms with Gasteiger partial charge in [-0.1, -0.05) is 18.2 Å². The Morgan fingerprint density at radius 2 is 2.05 bits per heavy atom. The average Bonchev–Trinajstić information content (AvgIpc) is 3.14. The minimum Gasteiger partial charge on any atom is -0.361 e. The lowest BCUT2D eigenvalue weighted by atomic mass is 10.1. The maximum atomic E-state index is 12.2. The highest BCUT2D eigenvalue weighted by Crippen LogP contribution is 2.20. The van der Waals surface area contributed by atoms with Crippen LogP contribution in [-0.4, -0.2) is 21.1 Å². The number of carbonyl (C=O) groups is 1. The van der Waals surface area contributed by atoms with E-state index in [1.165, 1.54) is 0 Å². The molecule has 5 heteroatoms. The number of rotatable bonds is 3. The molecule has 0 atom stereocenters. The number of carbonyl (C=O) groups excluding carboxylic acids is 1. The lowest BCUT2D eigenvalue weighted by molar-refractivity contribution is -0.115. The molecule has 22 heavy (non-hydrogen) atoms. The fourth-order valence-corrected chi connectivity index (χ4v) is 2.68. The van der Waals surface area contributed by atoms with Crippen LogP contribution in [0.5, 0.6) is 0 Å². The van der Waals surface area contributed by atoms with Gasteiger partial charge in [-0.15, -0.1) is 0 Å². The number of nitrogens with one attached hydrogen (secondary N) is 3. The molecule has 0 fully saturated rings. The van der Waals surface area contributed by atoms with Crippen LogP contribution in [0, 0.1) is 0 Å². The number of hydrogen-bond acceptors (Lipinski definition) is 2. The molecule has 4 rings (SSSR count). The van der Waals surface area contributed by atoms with Crippen LogP contribution in [0.2, 0.25) is 0 Å². The second kappa shape index (κ2) is 5.04. The quantitative estimate of drug-likeness (QED) is 0.542. The lowest BCUT2D eigenvalue weighted by Crippen LogP contribution is -2.14. The summed E-state index contributed by atoms with van der Waals surface area (Å²) in [5.41, 5.74) is 3.77. The van der Waals surface area contributed by atoms with Gasteiger partial charge in [-0.05, 0) is 29.8 Å². The molecule has 2 aromatic heterocycles. The Hall–Kier alpha value is -3.08. The summed E-state index contributed by atoms with van der Waals surface area (Å²) in [5.74, 6) is -0.0346. The summed E-state index contributed by atoms with van der Waals surface area (Å²) in [6.07, 6.45) is 3.97. The fraction of sp³-hybridized carbons (Fsp3) is 0.0588. The van der Waals surface area contributed by atoms with Gasteiger partial charge >= 0.3 is 0 Å². The summed E-state index contributed by atoms with van der Waals surface area (Å²) in [4.78, 5) is 15.4. The molecule has 2 aromatic carbocycles. The highest BCUT2D eigenvalue weighted by molar-refractivity contribution is 5.97. The van der Waals surface area contributed by atoms with E-state index in [-0.39, 0.29) is 5.91 Å². The molecule has 3 N–H and O–H groups in total. The van der Waals surface area contributed by atoms with Gasteiger partial charge in [-0.25, -0.2) is 0 Å². The van der Waals surface area contributed by atoms with Gasteiger partial charge in [0.1, 0.15) is 0 Å². The maximum absolute atomic E-state index is 12.2. The van der Waals surface area contributed by atoms with Gasteiger partial charge in [0.2, 0.25) is 5.91 Å². The predicted molar refractivity (Wildman–Crippen MR) is 86.7 cm³/mol. The number of aromatic nitrogens is 3. The van der Waals surface area contributed by atoms with Gasteiger partial charge in [-0.3, -0.25) is 9.89 Å². The average molecular weight is 290 g/mol. The highest BCUT2D eigenvalue weighted by atomic mass is 16.1. The van der Waals surface area contributed by atoms with Crippen molar-refractivity contribution in [3.63, 3.8) is 0 Å². The molecule has 0 bridgehead atoms. The zero-order valence-corrected chi connectivity index (χ0v) is 11.8. The van der Waals surface area contributed by atoms with Crippen molar-refractivity contribution < 1.29 is 4.79 Å². The van der Waals surface area contributed by atoms with Crippen molar-refractivity contribution in [1.82, 2.24) is 15.2 Å². The Morgan fingerprint density at radius 1 is 1.14 bits per heavy atom. The molecule has 2 heterocycles. The Balaban J connectivity index is 1.54. The van der Waals surface area contributed by atoms with Crippen LogP contribution in [0.3, 0.4) is 0 Å². The number of aromatic amines is 2. The SMILES string of the molecule is O=C(Cc1c[nH]c2ccccc12)Nc1ccc2[nH]ncc2c1. The number of H-pyrrole nitrogens is 2. The van der Waals surface area contributed by atoms with Crippen molar-refractivity contribution in [2.24, 2.45) is 0 Å². The first-order valence-electron chi connectivity index (χ1n) is 7.07. The van der Waals surface area contributed by atoms with E-state index in [1.54, 1.807) is 6.20 Å². The Morgan fingerprint density at radius 3 is 3.00 bits per heavy atom. The molecule has 0 unspecified atom stereocenters. The Labute approximate surface area is 126 Å². The third-order valence-electron chi connectivity index (χ3n) is 3.75. The largest absolute Gasteiger partial charge is 0.361 e. The minimum absolute atomic E-state index is 0.0346. The van der Waals surface area contributed by atoms with E-state index in [1.807, 2.05) is 48.7 Å². The van der Waals surface area contributed by atoms with Gasteiger partial charge in [0.05, 0.1) is 18.1 Å². The molecular weight excluding hydrogens is 276 g/mol. The smallest absolute Gasteiger partial charge is 0.228 e. The van der Waals surface area contributed by atoms with E-state index in [2.05, 4.69) is 20.5 Å². The first-order chi connectivity index (χ1) is 10.8. The first-order valence-corrected chi connectivity index (χ1v) is 7.07. The van der Waals surface area contributed by atoms with Crippen molar-refractivity contribution >= 4 is 33.4 Å². The molecule has 5 nitrogen and oxygen atoms in total. The molecule has 0 aliphatic heterocycles. The van der Waals surface area contributed by atoms with Gasteiger partial charge < -0.3 is 10.3 Å². The van der Waals surface area contributed by atoms with Crippen molar-refractivity contribution in [2.45, 2.75) is 6.42 Å². The summed E-state index contributed by atoms with van der Waals surface area (Å²) in [7, 11) is 0. The molecule has 0 aliphatic carbocycles. The zero-order chi connectivity index (χ0) is 14.9. The second-order valence-corrected chi connectivity index (χ2v) is 5.26. The molecule has 0 saturated heterocycles. The third kappa shape index (κ3) is 2.22. The second-order valence-electron chi connectivity index (χ2n) is 5.26. The van der Waals surface area contributed by atoms with Crippen LogP contribution < -0.4 is 5.32 Å². The van der Waals surface area contributed by atoms with Crippen LogP contribution in [0.4, 0.5) is 5.69 Å². The van der Waals surface area contributed by atoms with E-state index in [0.717, 1.165) is 33.1 Å². The third-order valence-corrected chi connectivity index (χ3v) is 3.75. The topological polar surface area (TPSA) is 73.6 Å². The Kier molecular flexibility index (Phi) is 2.89. The zero-order valence-electron chi connectivity index (χ0n) is 11.8. The molecule has 1 amide bonds. The normalized spacial score (nSPS) is 11.1. The van der Waals surface area contributed by atoms with Gasteiger partial charge in [-0.2, -0.15) is 5.10 Å². The summed E-state index contributed by atoms with van der Waals surface area (Å²) >= 11 is 0. The fourth-order valence-electron chi connectivity index (χ4n) is 2.68. The molecular formula is C17H14N4O. The van der Waals surface area contributed by atoms with Crippen LogP contribution in [0.25, 0.3) is 21.8 Å². The number of amides is 1. The Bertz CT molecular complexity index is 967. The van der Waals surface area contributed by atoms with E-state index < -0.39 is 0 Å².